The number of ether oxygens (including phenoxy) is 1. The maximum Gasteiger partial charge on any atom is 0.276 e. The van der Waals surface area contributed by atoms with Crippen molar-refractivity contribution in [2.75, 3.05) is 7.05 Å². The Balaban J connectivity index is 1.70. The van der Waals surface area contributed by atoms with Crippen LogP contribution in [-0.2, 0) is 19.7 Å². The minimum Gasteiger partial charge on any atom is -0.489 e. The summed E-state index contributed by atoms with van der Waals surface area (Å²) in [7, 11) is 1.71. The Morgan fingerprint density at radius 3 is 2.70 bits per heavy atom. The zero-order valence-electron chi connectivity index (χ0n) is 15.5. The lowest BCUT2D eigenvalue weighted by Crippen LogP contribution is -2.28. The number of amides is 1. The fraction of sp³-hybridized carbons (Fsp3) is 0.316. The van der Waals surface area contributed by atoms with E-state index in [2.05, 4.69) is 10.3 Å². The number of rotatable bonds is 7. The van der Waals surface area contributed by atoms with Gasteiger partial charge in [-0.25, -0.2) is 0 Å². The number of aryl methyl sites for hydroxylation is 2. The molecule has 3 rings (SSSR count). The highest BCUT2D eigenvalue weighted by molar-refractivity contribution is 6.30. The van der Waals surface area contributed by atoms with E-state index in [1.165, 1.54) is 0 Å². The molecule has 2 heterocycles. The Morgan fingerprint density at radius 2 is 2.04 bits per heavy atom. The van der Waals surface area contributed by atoms with E-state index >= 15 is 0 Å². The minimum absolute atomic E-state index is 0.177. The molecule has 0 N–H and O–H groups in total. The summed E-state index contributed by atoms with van der Waals surface area (Å²) < 4.78 is 12.8. The molecule has 0 unspecified atom stereocenters. The maximum atomic E-state index is 12.8. The van der Waals surface area contributed by atoms with Gasteiger partial charge in [-0.1, -0.05) is 16.8 Å². The Morgan fingerprint density at radius 1 is 1.30 bits per heavy atom. The quantitative estimate of drug-likeness (QED) is 0.617. The monoisotopic (exact) mass is 388 g/mol. The number of carbonyl (C=O) groups excluding carboxylic acids is 1. The molecule has 0 saturated carbocycles. The molecule has 3 aromatic rings. The van der Waals surface area contributed by atoms with E-state index in [1.807, 2.05) is 23.9 Å². The number of hydrogen-bond acceptors (Lipinski definition) is 5. The van der Waals surface area contributed by atoms with Crippen molar-refractivity contribution in [1.29, 1.82) is 0 Å². The van der Waals surface area contributed by atoms with Crippen molar-refractivity contribution in [1.82, 2.24) is 19.8 Å². The normalized spacial score (nSPS) is 10.8. The molecular weight excluding hydrogens is 368 g/mol. The average Bonchev–Trinajstić information content (AvgIpc) is 3.27. The lowest BCUT2D eigenvalue weighted by Gasteiger charge is -2.15. The zero-order chi connectivity index (χ0) is 19.4. The Hall–Kier alpha value is -2.80. The van der Waals surface area contributed by atoms with E-state index in [4.69, 9.17) is 20.9 Å². The molecule has 7 nitrogen and oxygen atoms in total. The van der Waals surface area contributed by atoms with Crippen LogP contribution in [0.25, 0.3) is 0 Å². The van der Waals surface area contributed by atoms with Crippen LogP contribution in [0.15, 0.2) is 41.1 Å². The molecule has 0 bridgehead atoms. The second kappa shape index (κ2) is 8.26. The summed E-state index contributed by atoms with van der Waals surface area (Å²) in [5.74, 6) is 0.959. The van der Waals surface area contributed by atoms with E-state index in [-0.39, 0.29) is 18.2 Å². The summed E-state index contributed by atoms with van der Waals surface area (Å²) in [5.41, 5.74) is 1.69. The van der Waals surface area contributed by atoms with Gasteiger partial charge in [0.05, 0.1) is 17.8 Å². The van der Waals surface area contributed by atoms with Crippen LogP contribution in [0.3, 0.4) is 0 Å². The number of benzene rings is 1. The molecule has 0 aliphatic heterocycles. The molecule has 0 saturated heterocycles. The highest BCUT2D eigenvalue weighted by atomic mass is 35.5. The van der Waals surface area contributed by atoms with Crippen LogP contribution < -0.4 is 4.74 Å². The Bertz CT molecular complexity index is 917. The van der Waals surface area contributed by atoms with Crippen LogP contribution in [0.5, 0.6) is 5.75 Å². The van der Waals surface area contributed by atoms with Crippen LogP contribution in [-0.4, -0.2) is 32.8 Å². The molecule has 142 valence electrons. The van der Waals surface area contributed by atoms with E-state index < -0.39 is 0 Å². The summed E-state index contributed by atoms with van der Waals surface area (Å²) >= 11 is 5.88. The van der Waals surface area contributed by atoms with Gasteiger partial charge in [0.2, 0.25) is 0 Å². The highest BCUT2D eigenvalue weighted by Gasteiger charge is 2.23. The fourth-order valence-electron chi connectivity index (χ4n) is 2.58. The summed E-state index contributed by atoms with van der Waals surface area (Å²) in [6.45, 7) is 5.11. The topological polar surface area (TPSA) is 73.4 Å². The van der Waals surface area contributed by atoms with Crippen molar-refractivity contribution in [3.05, 3.63) is 64.3 Å². The molecule has 0 radical (unpaired) electrons. The van der Waals surface area contributed by atoms with Gasteiger partial charge < -0.3 is 14.2 Å². The van der Waals surface area contributed by atoms with Crippen LogP contribution in [0.2, 0.25) is 5.02 Å². The van der Waals surface area contributed by atoms with Crippen molar-refractivity contribution in [2.45, 2.75) is 33.5 Å². The molecule has 27 heavy (non-hydrogen) atoms. The molecule has 0 aliphatic rings. The minimum atomic E-state index is -0.243. The van der Waals surface area contributed by atoms with E-state index in [0.717, 1.165) is 12.2 Å². The molecule has 8 heteroatoms. The first kappa shape index (κ1) is 19.0. The molecule has 1 amide bonds. The third-order valence-electron chi connectivity index (χ3n) is 4.15. The lowest BCUT2D eigenvalue weighted by atomic mass is 10.2. The van der Waals surface area contributed by atoms with Crippen LogP contribution in [0, 0.1) is 6.92 Å². The maximum absolute atomic E-state index is 12.8. The molecule has 0 fully saturated rings. The van der Waals surface area contributed by atoms with E-state index in [1.54, 1.807) is 43.1 Å². The van der Waals surface area contributed by atoms with Crippen molar-refractivity contribution < 1.29 is 14.1 Å². The number of halogens is 1. The standard InChI is InChI=1S/C19H21ClN4O3/c1-4-24-10-9-15(21-24)11-23(3)19(25)18-17(13(2)27-22-18)12-26-16-7-5-14(20)6-8-16/h5-10H,4,11-12H2,1-3H3. The number of hydrogen-bond donors (Lipinski definition) is 0. The summed E-state index contributed by atoms with van der Waals surface area (Å²) in [6, 6.07) is 8.91. The molecule has 0 spiro atoms. The Kier molecular flexibility index (Phi) is 5.81. The first-order valence-corrected chi connectivity index (χ1v) is 8.97. The van der Waals surface area contributed by atoms with Crippen LogP contribution in [0.1, 0.15) is 34.4 Å². The number of carbonyl (C=O) groups is 1. The first-order chi connectivity index (χ1) is 13.0. The third kappa shape index (κ3) is 4.49. The van der Waals surface area contributed by atoms with Gasteiger partial charge in [-0.2, -0.15) is 5.10 Å². The van der Waals surface area contributed by atoms with Gasteiger partial charge in [-0.05, 0) is 44.2 Å². The van der Waals surface area contributed by atoms with Crippen molar-refractivity contribution in [3.63, 3.8) is 0 Å². The second-order valence-electron chi connectivity index (χ2n) is 6.13. The summed E-state index contributed by atoms with van der Waals surface area (Å²) in [6.07, 6.45) is 1.89. The smallest absolute Gasteiger partial charge is 0.276 e. The van der Waals surface area contributed by atoms with Crippen LogP contribution >= 0.6 is 11.6 Å². The molecule has 0 atom stereocenters. The number of nitrogens with zero attached hydrogens (tertiary/aromatic N) is 4. The predicted molar refractivity (Wildman–Crippen MR) is 101 cm³/mol. The van der Waals surface area contributed by atoms with Gasteiger partial charge in [0.25, 0.3) is 5.91 Å². The average molecular weight is 389 g/mol. The highest BCUT2D eigenvalue weighted by Crippen LogP contribution is 2.21. The van der Waals surface area contributed by atoms with Gasteiger partial charge in [-0.15, -0.1) is 0 Å². The van der Waals surface area contributed by atoms with E-state index in [0.29, 0.717) is 28.6 Å². The van der Waals surface area contributed by atoms with Crippen molar-refractivity contribution >= 4 is 17.5 Å². The molecule has 0 aliphatic carbocycles. The van der Waals surface area contributed by atoms with Crippen molar-refractivity contribution in [3.8, 4) is 5.75 Å². The fourth-order valence-corrected chi connectivity index (χ4v) is 2.70. The van der Waals surface area contributed by atoms with Crippen molar-refractivity contribution in [2.24, 2.45) is 0 Å². The largest absolute Gasteiger partial charge is 0.489 e. The summed E-state index contributed by atoms with van der Waals surface area (Å²) in [5, 5.41) is 8.96. The second-order valence-corrected chi connectivity index (χ2v) is 6.57. The number of aromatic nitrogens is 3. The van der Waals surface area contributed by atoms with E-state index in [9.17, 15) is 4.79 Å². The van der Waals surface area contributed by atoms with Gasteiger partial charge in [0.1, 0.15) is 18.1 Å². The molecule has 2 aromatic heterocycles. The third-order valence-corrected chi connectivity index (χ3v) is 4.40. The molecular formula is C19H21ClN4O3. The van der Waals surface area contributed by atoms with Gasteiger partial charge in [0.15, 0.2) is 5.69 Å². The van der Waals surface area contributed by atoms with Gasteiger partial charge in [0, 0.05) is 24.8 Å². The lowest BCUT2D eigenvalue weighted by molar-refractivity contribution is 0.0770. The zero-order valence-corrected chi connectivity index (χ0v) is 16.2. The molecule has 1 aromatic carbocycles. The first-order valence-electron chi connectivity index (χ1n) is 8.59. The van der Waals surface area contributed by atoms with Crippen LogP contribution in [0.4, 0.5) is 0 Å². The SMILES string of the molecule is CCn1ccc(CN(C)C(=O)c2noc(C)c2COc2ccc(Cl)cc2)n1. The summed E-state index contributed by atoms with van der Waals surface area (Å²) in [4.78, 5) is 14.4. The predicted octanol–water partition coefficient (Wildman–Crippen LogP) is 3.70. The Labute approximate surface area is 162 Å². The van der Waals surface area contributed by atoms with Gasteiger partial charge in [-0.3, -0.25) is 9.48 Å². The van der Waals surface area contributed by atoms with Gasteiger partial charge >= 0.3 is 0 Å².